The van der Waals surface area contributed by atoms with Crippen LogP contribution < -0.4 is 21.7 Å². The number of nitrogens with one attached hydrogen (secondary N) is 3. The van der Waals surface area contributed by atoms with Gasteiger partial charge >= 0.3 is 0 Å². The Kier molecular flexibility index (Phi) is 4.67. The summed E-state index contributed by atoms with van der Waals surface area (Å²) in [5.74, 6) is 0.974. The molecule has 0 unspecified atom stereocenters. The summed E-state index contributed by atoms with van der Waals surface area (Å²) in [7, 11) is 0. The summed E-state index contributed by atoms with van der Waals surface area (Å²) in [5.41, 5.74) is 6.68. The monoisotopic (exact) mass is 339 g/mol. The zero-order chi connectivity index (χ0) is 17.8. The first-order valence-corrected chi connectivity index (χ1v) is 7.70. The Morgan fingerprint density at radius 1 is 1.28 bits per heavy atom. The van der Waals surface area contributed by atoms with E-state index in [-0.39, 0.29) is 23.7 Å². The summed E-state index contributed by atoms with van der Waals surface area (Å²) >= 11 is 0. The molecule has 0 spiro atoms. The number of carbonyl (C=O) groups is 1. The van der Waals surface area contributed by atoms with Gasteiger partial charge in [-0.1, -0.05) is 0 Å². The van der Waals surface area contributed by atoms with Crippen LogP contribution in [-0.2, 0) is 4.79 Å². The van der Waals surface area contributed by atoms with Crippen LogP contribution in [0.4, 0.5) is 23.1 Å². The molecule has 1 saturated carbocycles. The zero-order valence-electron chi connectivity index (χ0n) is 13.5. The lowest BCUT2D eigenvalue weighted by molar-refractivity contribution is -0.114. The third-order valence-electron chi connectivity index (χ3n) is 3.65. The minimum absolute atomic E-state index is 0.197. The lowest BCUT2D eigenvalue weighted by Gasteiger charge is -2.34. The summed E-state index contributed by atoms with van der Waals surface area (Å²) in [6.45, 7) is 1.41. The van der Waals surface area contributed by atoms with Gasteiger partial charge in [-0.25, -0.2) is 9.97 Å². The first kappa shape index (κ1) is 16.5. The van der Waals surface area contributed by atoms with Gasteiger partial charge in [0.15, 0.2) is 17.3 Å². The van der Waals surface area contributed by atoms with Crippen LogP contribution in [-0.4, -0.2) is 38.2 Å². The molecule has 25 heavy (non-hydrogen) atoms. The van der Waals surface area contributed by atoms with E-state index in [1.165, 1.54) is 19.3 Å². The average molecular weight is 339 g/mol. The highest BCUT2D eigenvalue weighted by atomic mass is 16.1. The van der Waals surface area contributed by atoms with Gasteiger partial charge in [0.1, 0.15) is 11.9 Å². The van der Waals surface area contributed by atoms with E-state index in [4.69, 9.17) is 11.0 Å². The predicted molar refractivity (Wildman–Crippen MR) is 91.0 cm³/mol. The number of aromatic nitrogens is 4. The number of carbonyl (C=O) groups excluding carboxylic acids is 1. The number of nitrogens with two attached hydrogens (primary N) is 1. The number of nitriles is 1. The molecule has 1 aliphatic rings. The highest BCUT2D eigenvalue weighted by Crippen LogP contribution is 2.28. The second-order valence-electron chi connectivity index (χ2n) is 5.77. The van der Waals surface area contributed by atoms with Crippen LogP contribution in [0.1, 0.15) is 25.5 Å². The van der Waals surface area contributed by atoms with E-state index < -0.39 is 0 Å². The fraction of sp³-hybridized carbons (Fsp3) is 0.333. The molecule has 1 aliphatic carbocycles. The van der Waals surface area contributed by atoms with Crippen LogP contribution in [0.15, 0.2) is 18.5 Å². The lowest BCUT2D eigenvalue weighted by Crippen LogP contribution is -2.44. The Balaban J connectivity index is 1.79. The molecule has 0 saturated heterocycles. The van der Waals surface area contributed by atoms with Crippen molar-refractivity contribution in [1.82, 2.24) is 20.2 Å². The van der Waals surface area contributed by atoms with Gasteiger partial charge in [0.05, 0.1) is 18.1 Å². The van der Waals surface area contributed by atoms with Crippen LogP contribution in [0.2, 0.25) is 0 Å². The topological polar surface area (TPSA) is 155 Å². The Bertz CT molecular complexity index is 809. The summed E-state index contributed by atoms with van der Waals surface area (Å²) in [6, 6.07) is 4.05. The van der Waals surface area contributed by atoms with Gasteiger partial charge in [-0.15, -0.1) is 10.2 Å². The molecule has 0 atom stereocenters. The average Bonchev–Trinajstić information content (AvgIpc) is 2.56. The van der Waals surface area contributed by atoms with Crippen molar-refractivity contribution < 1.29 is 4.79 Å². The van der Waals surface area contributed by atoms with E-state index in [1.54, 1.807) is 6.07 Å². The van der Waals surface area contributed by atoms with Gasteiger partial charge in [-0.3, -0.25) is 4.79 Å². The van der Waals surface area contributed by atoms with E-state index in [9.17, 15) is 4.79 Å². The minimum Gasteiger partial charge on any atom is -0.379 e. The largest absolute Gasteiger partial charge is 0.379 e. The van der Waals surface area contributed by atoms with Gasteiger partial charge in [0, 0.05) is 25.1 Å². The van der Waals surface area contributed by atoms with Gasteiger partial charge in [0.25, 0.3) is 0 Å². The van der Waals surface area contributed by atoms with Crippen molar-refractivity contribution in [2.45, 2.75) is 31.8 Å². The third kappa shape index (κ3) is 4.15. The normalized spacial score (nSPS) is 18.6. The molecule has 0 aromatic carbocycles. The van der Waals surface area contributed by atoms with Gasteiger partial charge in [0.2, 0.25) is 5.91 Å². The molecule has 2 aromatic heterocycles. The Labute approximate surface area is 143 Å². The van der Waals surface area contributed by atoms with Crippen LogP contribution in [0.5, 0.6) is 0 Å². The molecular weight excluding hydrogens is 322 g/mol. The number of hydrogen-bond donors (Lipinski definition) is 4. The van der Waals surface area contributed by atoms with Crippen LogP contribution >= 0.6 is 0 Å². The van der Waals surface area contributed by atoms with E-state index in [1.807, 2.05) is 6.07 Å². The standard InChI is InChI=1S/C15H17N9O/c1-8(25)20-15-12(21-10-2-9(17)3-10)4-13(23-24-15)22-14-7-18-11(5-16)6-19-14/h4,6-7,9-10H,2-3,17H2,1H3,(H,20,24,25)(H2,19,21,22,23). The van der Waals surface area contributed by atoms with Crippen molar-refractivity contribution in [3.05, 3.63) is 24.2 Å². The van der Waals surface area contributed by atoms with Crippen molar-refractivity contribution >= 4 is 29.0 Å². The zero-order valence-corrected chi connectivity index (χ0v) is 13.5. The number of rotatable bonds is 5. The van der Waals surface area contributed by atoms with E-state index in [0.717, 1.165) is 12.8 Å². The number of hydrogen-bond acceptors (Lipinski definition) is 9. The van der Waals surface area contributed by atoms with Crippen molar-refractivity contribution in [2.24, 2.45) is 5.73 Å². The molecule has 128 valence electrons. The van der Waals surface area contributed by atoms with Gasteiger partial charge < -0.3 is 21.7 Å². The van der Waals surface area contributed by atoms with Crippen molar-refractivity contribution in [3.8, 4) is 6.07 Å². The second kappa shape index (κ2) is 7.06. The van der Waals surface area contributed by atoms with Crippen LogP contribution in [0, 0.1) is 11.3 Å². The maximum Gasteiger partial charge on any atom is 0.222 e. The molecule has 0 radical (unpaired) electrons. The highest BCUT2D eigenvalue weighted by molar-refractivity contribution is 5.91. The van der Waals surface area contributed by atoms with Crippen molar-refractivity contribution in [3.63, 3.8) is 0 Å². The molecule has 2 heterocycles. The fourth-order valence-corrected chi connectivity index (χ4v) is 2.40. The van der Waals surface area contributed by atoms with Crippen LogP contribution in [0.25, 0.3) is 0 Å². The summed E-state index contributed by atoms with van der Waals surface area (Å²) in [6.07, 6.45) is 4.49. The summed E-state index contributed by atoms with van der Waals surface area (Å²) in [4.78, 5) is 19.3. The molecule has 3 rings (SSSR count). The second-order valence-corrected chi connectivity index (χ2v) is 5.77. The molecule has 10 heteroatoms. The maximum absolute atomic E-state index is 11.3. The lowest BCUT2D eigenvalue weighted by atomic mass is 9.87. The first-order chi connectivity index (χ1) is 12.0. The first-order valence-electron chi connectivity index (χ1n) is 7.70. The molecule has 10 nitrogen and oxygen atoms in total. The Hall–Kier alpha value is -3.32. The third-order valence-corrected chi connectivity index (χ3v) is 3.65. The predicted octanol–water partition coefficient (Wildman–Crippen LogP) is 0.742. The molecule has 1 fully saturated rings. The smallest absolute Gasteiger partial charge is 0.222 e. The summed E-state index contributed by atoms with van der Waals surface area (Å²) < 4.78 is 0. The Morgan fingerprint density at radius 3 is 2.68 bits per heavy atom. The van der Waals surface area contributed by atoms with Gasteiger partial charge in [-0.05, 0) is 12.8 Å². The van der Waals surface area contributed by atoms with Crippen LogP contribution in [0.3, 0.4) is 0 Å². The molecule has 2 aromatic rings. The molecule has 5 N–H and O–H groups in total. The molecule has 0 aliphatic heterocycles. The van der Waals surface area contributed by atoms with Crippen molar-refractivity contribution in [2.75, 3.05) is 16.0 Å². The SMILES string of the molecule is CC(=O)Nc1nnc(Nc2cnc(C#N)cn2)cc1NC1CC(N)C1. The molecule has 0 bridgehead atoms. The maximum atomic E-state index is 11.3. The number of amides is 1. The van der Waals surface area contributed by atoms with Gasteiger partial charge in [-0.2, -0.15) is 5.26 Å². The highest BCUT2D eigenvalue weighted by Gasteiger charge is 2.26. The van der Waals surface area contributed by atoms with E-state index in [2.05, 4.69) is 36.1 Å². The minimum atomic E-state index is -0.235. The van der Waals surface area contributed by atoms with Crippen molar-refractivity contribution in [1.29, 1.82) is 5.26 Å². The van der Waals surface area contributed by atoms with E-state index in [0.29, 0.717) is 23.1 Å². The number of anilines is 4. The molecule has 1 amide bonds. The Morgan fingerprint density at radius 2 is 2.08 bits per heavy atom. The fourth-order valence-electron chi connectivity index (χ4n) is 2.40. The quantitative estimate of drug-likeness (QED) is 0.617. The molecular formula is C15H17N9O. The van der Waals surface area contributed by atoms with E-state index >= 15 is 0 Å². The summed E-state index contributed by atoms with van der Waals surface area (Å²) in [5, 5.41) is 25.7. The number of nitrogens with zero attached hydrogens (tertiary/aromatic N) is 5.